The first-order valence-corrected chi connectivity index (χ1v) is 7.11. The molecule has 2 aliphatic rings. The number of likely N-dealkylation sites (tertiary alicyclic amines) is 1. The number of morpholine rings is 1. The lowest BCUT2D eigenvalue weighted by Crippen LogP contribution is -2.47. The molecule has 0 aromatic carbocycles. The summed E-state index contributed by atoms with van der Waals surface area (Å²) in [5.74, 6) is 0. The third kappa shape index (κ3) is 3.91. The summed E-state index contributed by atoms with van der Waals surface area (Å²) in [6.45, 7) is 13.3. The van der Waals surface area contributed by atoms with Gasteiger partial charge >= 0.3 is 0 Å². The molecule has 2 aliphatic heterocycles. The zero-order valence-corrected chi connectivity index (χ0v) is 11.3. The molecule has 4 nitrogen and oxygen atoms in total. The highest BCUT2D eigenvalue weighted by Gasteiger charge is 2.26. The molecule has 2 unspecified atom stereocenters. The van der Waals surface area contributed by atoms with Crippen LogP contribution in [0, 0.1) is 0 Å². The molecule has 0 spiro atoms. The Balaban J connectivity index is 1.70. The predicted octanol–water partition coefficient (Wildman–Crippen LogP) is 0.391. The van der Waals surface area contributed by atoms with Crippen LogP contribution in [-0.2, 0) is 4.74 Å². The smallest absolute Gasteiger partial charge is 0.0829 e. The molecule has 0 radical (unpaired) electrons. The molecule has 1 N–H and O–H groups in total. The molecule has 2 fully saturated rings. The molecule has 0 amide bonds. The monoisotopic (exact) mass is 241 g/mol. The second kappa shape index (κ2) is 6.69. The van der Waals surface area contributed by atoms with Crippen molar-refractivity contribution < 1.29 is 4.74 Å². The fourth-order valence-corrected chi connectivity index (χ4v) is 2.92. The first kappa shape index (κ1) is 13.3. The van der Waals surface area contributed by atoms with Crippen LogP contribution in [0.2, 0.25) is 0 Å². The Morgan fingerprint density at radius 2 is 2.06 bits per heavy atom. The number of rotatable bonds is 5. The second-order valence-electron chi connectivity index (χ2n) is 5.19. The van der Waals surface area contributed by atoms with Gasteiger partial charge in [-0.15, -0.1) is 0 Å². The van der Waals surface area contributed by atoms with Gasteiger partial charge in [0.05, 0.1) is 12.7 Å². The van der Waals surface area contributed by atoms with Crippen molar-refractivity contribution in [1.29, 1.82) is 0 Å². The quantitative estimate of drug-likeness (QED) is 0.754. The van der Waals surface area contributed by atoms with Crippen LogP contribution in [0.1, 0.15) is 20.3 Å². The van der Waals surface area contributed by atoms with Crippen molar-refractivity contribution >= 4 is 0 Å². The van der Waals surface area contributed by atoms with Crippen LogP contribution in [0.3, 0.4) is 0 Å². The molecule has 0 aliphatic carbocycles. The second-order valence-corrected chi connectivity index (χ2v) is 5.19. The van der Waals surface area contributed by atoms with Gasteiger partial charge in [0.15, 0.2) is 0 Å². The Labute approximate surface area is 105 Å². The summed E-state index contributed by atoms with van der Waals surface area (Å²) in [5, 5.41) is 3.54. The number of likely N-dealkylation sites (N-methyl/N-ethyl adjacent to an activating group) is 2. The normalized spacial score (nSPS) is 32.1. The summed E-state index contributed by atoms with van der Waals surface area (Å²) < 4.78 is 5.86. The van der Waals surface area contributed by atoms with Crippen LogP contribution in [0.4, 0.5) is 0 Å². The lowest BCUT2D eigenvalue weighted by Gasteiger charge is -2.34. The van der Waals surface area contributed by atoms with Gasteiger partial charge in [0.25, 0.3) is 0 Å². The maximum Gasteiger partial charge on any atom is 0.0829 e. The van der Waals surface area contributed by atoms with E-state index < -0.39 is 0 Å². The highest BCUT2D eigenvalue weighted by molar-refractivity contribution is 4.83. The van der Waals surface area contributed by atoms with Crippen LogP contribution in [0.15, 0.2) is 0 Å². The molecule has 0 saturated carbocycles. The van der Waals surface area contributed by atoms with Crippen molar-refractivity contribution in [2.75, 3.05) is 52.4 Å². The molecule has 0 bridgehead atoms. The fourth-order valence-electron chi connectivity index (χ4n) is 2.92. The number of hydrogen-bond donors (Lipinski definition) is 1. The van der Waals surface area contributed by atoms with Crippen LogP contribution >= 0.6 is 0 Å². The molecule has 2 saturated heterocycles. The molecule has 2 rings (SSSR count). The Morgan fingerprint density at radius 3 is 2.82 bits per heavy atom. The van der Waals surface area contributed by atoms with Crippen LogP contribution in [0.25, 0.3) is 0 Å². The fraction of sp³-hybridized carbons (Fsp3) is 1.00. The minimum absolute atomic E-state index is 0.420. The first-order chi connectivity index (χ1) is 8.31. The lowest BCUT2D eigenvalue weighted by molar-refractivity contribution is -0.0393. The van der Waals surface area contributed by atoms with Crippen LogP contribution < -0.4 is 5.32 Å². The Bertz CT molecular complexity index is 225. The minimum atomic E-state index is 0.420. The number of hydrogen-bond acceptors (Lipinski definition) is 4. The van der Waals surface area contributed by atoms with Gasteiger partial charge in [-0.1, -0.05) is 13.8 Å². The molecule has 2 heterocycles. The third-order valence-electron chi connectivity index (χ3n) is 3.90. The molecule has 17 heavy (non-hydrogen) atoms. The topological polar surface area (TPSA) is 27.7 Å². The number of nitrogens with one attached hydrogen (secondary N) is 1. The highest BCUT2D eigenvalue weighted by Crippen LogP contribution is 2.13. The molecule has 100 valence electrons. The van der Waals surface area contributed by atoms with Gasteiger partial charge in [-0.3, -0.25) is 9.80 Å². The van der Waals surface area contributed by atoms with Crippen molar-refractivity contribution in [3.63, 3.8) is 0 Å². The average Bonchev–Trinajstić information content (AvgIpc) is 2.77. The molecular weight excluding hydrogens is 214 g/mol. The average molecular weight is 241 g/mol. The molecule has 0 aromatic heterocycles. The van der Waals surface area contributed by atoms with E-state index in [0.717, 1.165) is 39.3 Å². The zero-order valence-electron chi connectivity index (χ0n) is 11.3. The van der Waals surface area contributed by atoms with Gasteiger partial charge in [-0.05, 0) is 26.1 Å². The Kier molecular flexibility index (Phi) is 5.22. The lowest BCUT2D eigenvalue weighted by atomic mass is 10.2. The van der Waals surface area contributed by atoms with Crippen molar-refractivity contribution in [3.8, 4) is 0 Å². The van der Waals surface area contributed by atoms with Gasteiger partial charge in [-0.25, -0.2) is 0 Å². The van der Waals surface area contributed by atoms with Gasteiger partial charge in [-0.2, -0.15) is 0 Å². The van der Waals surface area contributed by atoms with E-state index in [4.69, 9.17) is 4.74 Å². The molecule has 4 heteroatoms. The van der Waals surface area contributed by atoms with E-state index in [9.17, 15) is 0 Å². The molecule has 2 atom stereocenters. The molecular formula is C13H27N3O. The predicted molar refractivity (Wildman–Crippen MR) is 70.4 cm³/mol. The van der Waals surface area contributed by atoms with Gasteiger partial charge in [0.2, 0.25) is 0 Å². The van der Waals surface area contributed by atoms with E-state index in [1.165, 1.54) is 19.5 Å². The van der Waals surface area contributed by atoms with Crippen LogP contribution in [-0.4, -0.2) is 74.4 Å². The van der Waals surface area contributed by atoms with E-state index in [0.29, 0.717) is 12.1 Å². The molecule has 0 aromatic rings. The van der Waals surface area contributed by atoms with Crippen molar-refractivity contribution in [2.45, 2.75) is 32.4 Å². The van der Waals surface area contributed by atoms with Crippen LogP contribution in [0.5, 0.6) is 0 Å². The van der Waals surface area contributed by atoms with Crippen molar-refractivity contribution in [3.05, 3.63) is 0 Å². The summed E-state index contributed by atoms with van der Waals surface area (Å²) in [7, 11) is 0. The van der Waals surface area contributed by atoms with Crippen molar-refractivity contribution in [1.82, 2.24) is 15.1 Å². The maximum atomic E-state index is 5.86. The summed E-state index contributed by atoms with van der Waals surface area (Å²) >= 11 is 0. The van der Waals surface area contributed by atoms with E-state index in [-0.39, 0.29) is 0 Å². The summed E-state index contributed by atoms with van der Waals surface area (Å²) in [6, 6.07) is 0.700. The minimum Gasteiger partial charge on any atom is -0.374 e. The largest absolute Gasteiger partial charge is 0.374 e. The zero-order chi connectivity index (χ0) is 12.1. The van der Waals surface area contributed by atoms with E-state index in [1.807, 2.05) is 0 Å². The Hall–Kier alpha value is -0.160. The number of ether oxygens (including phenoxy) is 1. The number of nitrogens with zero attached hydrogens (tertiary/aromatic N) is 2. The van der Waals surface area contributed by atoms with Gasteiger partial charge in [0.1, 0.15) is 0 Å². The van der Waals surface area contributed by atoms with E-state index in [2.05, 4.69) is 29.0 Å². The van der Waals surface area contributed by atoms with Gasteiger partial charge in [0, 0.05) is 32.2 Å². The summed E-state index contributed by atoms with van der Waals surface area (Å²) in [4.78, 5) is 5.04. The maximum absolute atomic E-state index is 5.86. The van der Waals surface area contributed by atoms with E-state index in [1.54, 1.807) is 0 Å². The highest BCUT2D eigenvalue weighted by atomic mass is 16.5. The summed E-state index contributed by atoms with van der Waals surface area (Å²) in [5.41, 5.74) is 0. The van der Waals surface area contributed by atoms with E-state index >= 15 is 0 Å². The first-order valence-electron chi connectivity index (χ1n) is 7.11. The summed E-state index contributed by atoms with van der Waals surface area (Å²) in [6.07, 6.45) is 1.71. The Morgan fingerprint density at radius 1 is 1.18 bits per heavy atom. The van der Waals surface area contributed by atoms with Gasteiger partial charge < -0.3 is 10.1 Å². The SMILES string of the molecule is CCNC1CCN(CC2CN(CC)CCO2)C1. The standard InChI is InChI=1S/C13H27N3O/c1-3-14-12-5-6-16(9-12)11-13-10-15(4-2)7-8-17-13/h12-14H,3-11H2,1-2H3. The van der Waals surface area contributed by atoms with Crippen molar-refractivity contribution in [2.24, 2.45) is 0 Å². The third-order valence-corrected chi connectivity index (χ3v) is 3.90.